The first kappa shape index (κ1) is 11.8. The van der Waals surface area contributed by atoms with Crippen molar-refractivity contribution >= 4 is 0 Å². The lowest BCUT2D eigenvalue weighted by Gasteiger charge is -2.13. The molecule has 0 unspecified atom stereocenters. The molecule has 0 aliphatic heterocycles. The van der Waals surface area contributed by atoms with Gasteiger partial charge in [-0.25, -0.2) is 0 Å². The Morgan fingerprint density at radius 3 is 2.27 bits per heavy atom. The summed E-state index contributed by atoms with van der Waals surface area (Å²) in [4.78, 5) is 4.44. The molecule has 0 aromatic heterocycles. The van der Waals surface area contributed by atoms with Crippen LogP contribution in [0.25, 0.3) is 0 Å². The van der Waals surface area contributed by atoms with Gasteiger partial charge in [0.1, 0.15) is 0 Å². The number of rotatable bonds is 2. The fraction of sp³-hybridized carbons (Fsp3) is 0.400. The fourth-order valence-electron chi connectivity index (χ4n) is 1.29. The predicted molar refractivity (Wildman–Crippen MR) is 50.3 cm³/mol. The van der Waals surface area contributed by atoms with E-state index in [2.05, 4.69) is 4.84 Å². The second kappa shape index (κ2) is 4.10. The molecule has 0 spiro atoms. The molecular formula is C10H12F3NO. The van der Waals surface area contributed by atoms with Crippen molar-refractivity contribution in [3.05, 3.63) is 29.3 Å². The summed E-state index contributed by atoms with van der Waals surface area (Å²) in [5.41, 5.74) is -0.0992. The summed E-state index contributed by atoms with van der Waals surface area (Å²) >= 11 is 0. The molecule has 0 aliphatic rings. The molecular weight excluding hydrogens is 207 g/mol. The maximum absolute atomic E-state index is 12.3. The number of hydrogen-bond donors (Lipinski definition) is 1. The summed E-state index contributed by atoms with van der Waals surface area (Å²) in [5, 5.41) is 0. The molecule has 0 aliphatic carbocycles. The third-order valence-corrected chi connectivity index (χ3v) is 2.09. The molecule has 84 valence electrons. The van der Waals surface area contributed by atoms with Crippen molar-refractivity contribution in [3.8, 4) is 5.75 Å². The van der Waals surface area contributed by atoms with Crippen LogP contribution in [0, 0.1) is 0 Å². The van der Waals surface area contributed by atoms with Crippen molar-refractivity contribution in [2.45, 2.75) is 25.9 Å². The van der Waals surface area contributed by atoms with Gasteiger partial charge in [0, 0.05) is 0 Å². The average Bonchev–Trinajstić information content (AvgIpc) is 2.15. The number of alkyl halides is 3. The lowest BCUT2D eigenvalue weighted by atomic mass is 10.0. The zero-order chi connectivity index (χ0) is 11.6. The largest absolute Gasteiger partial charge is 0.416 e. The van der Waals surface area contributed by atoms with E-state index in [-0.39, 0.29) is 11.7 Å². The lowest BCUT2D eigenvalue weighted by molar-refractivity contribution is -0.137. The van der Waals surface area contributed by atoms with Crippen LogP contribution in [0.1, 0.15) is 30.9 Å². The normalized spacial score (nSPS) is 11.9. The van der Waals surface area contributed by atoms with Crippen molar-refractivity contribution in [1.29, 1.82) is 0 Å². The summed E-state index contributed by atoms with van der Waals surface area (Å²) in [5.74, 6) is 5.06. The second-order valence-electron chi connectivity index (χ2n) is 3.52. The van der Waals surface area contributed by atoms with E-state index in [0.717, 1.165) is 12.1 Å². The van der Waals surface area contributed by atoms with E-state index in [1.54, 1.807) is 0 Å². The molecule has 2 nitrogen and oxygen atoms in total. The van der Waals surface area contributed by atoms with Gasteiger partial charge >= 0.3 is 6.18 Å². The molecule has 0 bridgehead atoms. The second-order valence-corrected chi connectivity index (χ2v) is 3.52. The Morgan fingerprint density at radius 2 is 1.87 bits per heavy atom. The van der Waals surface area contributed by atoms with Gasteiger partial charge in [0.15, 0.2) is 5.75 Å². The summed E-state index contributed by atoms with van der Waals surface area (Å²) in [6.07, 6.45) is -4.37. The summed E-state index contributed by atoms with van der Waals surface area (Å²) in [6.45, 7) is 3.70. The van der Waals surface area contributed by atoms with Gasteiger partial charge in [0.05, 0.1) is 5.56 Å². The summed E-state index contributed by atoms with van der Waals surface area (Å²) in [7, 11) is 0. The van der Waals surface area contributed by atoms with Crippen LogP contribution < -0.4 is 10.7 Å². The van der Waals surface area contributed by atoms with Crippen LogP contribution in [0.4, 0.5) is 13.2 Å². The summed E-state index contributed by atoms with van der Waals surface area (Å²) in [6, 6.07) is 3.32. The first-order valence-corrected chi connectivity index (χ1v) is 4.44. The Morgan fingerprint density at radius 1 is 1.27 bits per heavy atom. The van der Waals surface area contributed by atoms with Gasteiger partial charge in [-0.3, -0.25) is 0 Å². The van der Waals surface area contributed by atoms with Crippen LogP contribution >= 0.6 is 0 Å². The molecule has 0 atom stereocenters. The molecule has 5 heteroatoms. The third kappa shape index (κ3) is 2.62. The van der Waals surface area contributed by atoms with E-state index < -0.39 is 11.7 Å². The molecule has 0 heterocycles. The van der Waals surface area contributed by atoms with Gasteiger partial charge in [0.25, 0.3) is 0 Å². The standard InChI is InChI=1S/C10H12F3NO/c1-6(2)8-4-3-7(10(11,12)13)5-9(8)15-14/h3-6H,14H2,1-2H3. The molecule has 1 aromatic carbocycles. The Labute approximate surface area is 85.8 Å². The summed E-state index contributed by atoms with van der Waals surface area (Å²) < 4.78 is 37.0. The van der Waals surface area contributed by atoms with Crippen molar-refractivity contribution < 1.29 is 18.0 Å². The smallest absolute Gasteiger partial charge is 0.411 e. The molecule has 1 rings (SSSR count). The highest BCUT2D eigenvalue weighted by Gasteiger charge is 2.31. The third-order valence-electron chi connectivity index (χ3n) is 2.09. The van der Waals surface area contributed by atoms with Gasteiger partial charge in [0.2, 0.25) is 0 Å². The lowest BCUT2D eigenvalue weighted by Crippen LogP contribution is -2.10. The van der Waals surface area contributed by atoms with Gasteiger partial charge in [-0.1, -0.05) is 19.9 Å². The monoisotopic (exact) mass is 219 g/mol. The highest BCUT2D eigenvalue weighted by molar-refractivity contribution is 5.40. The van der Waals surface area contributed by atoms with Crippen molar-refractivity contribution in [3.63, 3.8) is 0 Å². The van der Waals surface area contributed by atoms with Crippen LogP contribution in [0.15, 0.2) is 18.2 Å². The van der Waals surface area contributed by atoms with Crippen LogP contribution in [-0.4, -0.2) is 0 Å². The predicted octanol–water partition coefficient (Wildman–Crippen LogP) is 3.08. The zero-order valence-electron chi connectivity index (χ0n) is 8.43. The fourth-order valence-corrected chi connectivity index (χ4v) is 1.29. The first-order chi connectivity index (χ1) is 6.86. The van der Waals surface area contributed by atoms with E-state index in [1.165, 1.54) is 6.07 Å². The minimum atomic E-state index is -4.37. The average molecular weight is 219 g/mol. The minimum Gasteiger partial charge on any atom is -0.411 e. The van der Waals surface area contributed by atoms with Gasteiger partial charge in [-0.2, -0.15) is 19.1 Å². The Bertz CT molecular complexity index is 347. The number of hydrogen-bond acceptors (Lipinski definition) is 2. The SMILES string of the molecule is CC(C)c1ccc(C(F)(F)F)cc1ON. The van der Waals surface area contributed by atoms with E-state index >= 15 is 0 Å². The van der Waals surface area contributed by atoms with Crippen LogP contribution in [0.2, 0.25) is 0 Å². The van der Waals surface area contributed by atoms with E-state index in [0.29, 0.717) is 5.56 Å². The van der Waals surface area contributed by atoms with Crippen LogP contribution in [0.3, 0.4) is 0 Å². The first-order valence-electron chi connectivity index (χ1n) is 4.44. The quantitative estimate of drug-likeness (QED) is 0.776. The van der Waals surface area contributed by atoms with Gasteiger partial charge in [-0.05, 0) is 23.6 Å². The minimum absolute atomic E-state index is 0.0610. The Balaban J connectivity index is 3.19. The number of halogens is 3. The zero-order valence-corrected chi connectivity index (χ0v) is 8.43. The van der Waals surface area contributed by atoms with Crippen molar-refractivity contribution in [2.75, 3.05) is 0 Å². The van der Waals surface area contributed by atoms with Crippen LogP contribution in [-0.2, 0) is 6.18 Å². The molecule has 1 aromatic rings. The molecule has 0 saturated carbocycles. The highest BCUT2D eigenvalue weighted by Crippen LogP contribution is 2.34. The number of benzene rings is 1. The van der Waals surface area contributed by atoms with Gasteiger partial charge in [-0.15, -0.1) is 0 Å². The molecule has 0 amide bonds. The van der Waals surface area contributed by atoms with E-state index in [9.17, 15) is 13.2 Å². The number of nitrogens with two attached hydrogens (primary N) is 1. The topological polar surface area (TPSA) is 35.2 Å². The maximum Gasteiger partial charge on any atom is 0.416 e. The molecule has 0 radical (unpaired) electrons. The molecule has 2 N–H and O–H groups in total. The maximum atomic E-state index is 12.3. The van der Waals surface area contributed by atoms with E-state index in [4.69, 9.17) is 5.90 Å². The van der Waals surface area contributed by atoms with E-state index in [1.807, 2.05) is 13.8 Å². The molecule has 0 fully saturated rings. The Kier molecular flexibility index (Phi) is 3.24. The molecule has 0 saturated heterocycles. The van der Waals surface area contributed by atoms with Crippen LogP contribution in [0.5, 0.6) is 5.75 Å². The molecule has 15 heavy (non-hydrogen) atoms. The van der Waals surface area contributed by atoms with Crippen molar-refractivity contribution in [1.82, 2.24) is 0 Å². The highest BCUT2D eigenvalue weighted by atomic mass is 19.4. The van der Waals surface area contributed by atoms with Crippen molar-refractivity contribution in [2.24, 2.45) is 5.90 Å². The Hall–Kier alpha value is -1.23. The van der Waals surface area contributed by atoms with Gasteiger partial charge < -0.3 is 4.84 Å².